The van der Waals surface area contributed by atoms with Gasteiger partial charge in [0, 0.05) is 57.7 Å². The smallest absolute Gasteiger partial charge is 0.322 e. The Bertz CT molecular complexity index is 1520. The predicted molar refractivity (Wildman–Crippen MR) is 209 cm³/mol. The SMILES string of the molecule is O=C(O)CNC(=O)[C@H](Cc1ccccc1)NC(=O)CNC(=O)CNC(=O)CN1CCOCCOCCN(C(=O)CCCCCN2C(=O)C=CC2=O)CCOCCOCC1. The van der Waals surface area contributed by atoms with Crippen LogP contribution >= 0.6 is 0 Å². The summed E-state index contributed by atoms with van der Waals surface area (Å²) in [4.78, 5) is 102. The number of nitrogens with zero attached hydrogens (tertiary/aromatic N) is 3. The molecular weight excluding hydrogens is 774 g/mol. The molecule has 20 heteroatoms. The van der Waals surface area contributed by atoms with E-state index in [4.69, 9.17) is 24.1 Å². The second-order valence-corrected chi connectivity index (χ2v) is 13.6. The summed E-state index contributed by atoms with van der Waals surface area (Å²) in [5.41, 5.74) is 0.730. The number of carboxylic acids is 1. The number of unbranched alkanes of at least 4 members (excludes halogenated alkanes) is 2. The first-order valence-corrected chi connectivity index (χ1v) is 19.7. The lowest BCUT2D eigenvalue weighted by atomic mass is 10.1. The highest BCUT2D eigenvalue weighted by molar-refractivity contribution is 6.12. The van der Waals surface area contributed by atoms with Crippen molar-refractivity contribution in [3.05, 3.63) is 48.0 Å². The van der Waals surface area contributed by atoms with E-state index in [0.29, 0.717) is 98.0 Å². The topological polar surface area (TPSA) is 252 Å². The lowest BCUT2D eigenvalue weighted by Crippen LogP contribution is -2.52. The van der Waals surface area contributed by atoms with Crippen LogP contribution in [0.1, 0.15) is 31.2 Å². The quantitative estimate of drug-likeness (QED) is 0.0782. The summed E-state index contributed by atoms with van der Waals surface area (Å²) in [6, 6.07) is 7.73. The molecule has 1 saturated heterocycles. The van der Waals surface area contributed by atoms with Crippen LogP contribution in [-0.4, -0.2) is 185 Å². The Balaban J connectivity index is 1.34. The van der Waals surface area contributed by atoms with Crippen LogP contribution in [0.25, 0.3) is 0 Å². The molecule has 2 aliphatic heterocycles. The minimum atomic E-state index is -1.24. The number of hydrogen-bond donors (Lipinski definition) is 5. The molecule has 326 valence electrons. The first-order valence-electron chi connectivity index (χ1n) is 19.7. The van der Waals surface area contributed by atoms with Gasteiger partial charge in [-0.25, -0.2) is 0 Å². The van der Waals surface area contributed by atoms with Gasteiger partial charge in [-0.1, -0.05) is 36.8 Å². The van der Waals surface area contributed by atoms with Crippen LogP contribution in [0.4, 0.5) is 0 Å². The number of benzene rings is 1. The number of carboxylic acid groups (broad SMARTS) is 1. The fourth-order valence-corrected chi connectivity index (χ4v) is 5.81. The molecule has 2 aliphatic rings. The highest BCUT2D eigenvalue weighted by Crippen LogP contribution is 2.09. The van der Waals surface area contributed by atoms with Gasteiger partial charge in [-0.15, -0.1) is 0 Å². The molecule has 0 saturated carbocycles. The van der Waals surface area contributed by atoms with Crippen molar-refractivity contribution in [2.75, 3.05) is 112 Å². The first kappa shape index (κ1) is 48.1. The van der Waals surface area contributed by atoms with Gasteiger partial charge < -0.3 is 50.2 Å². The van der Waals surface area contributed by atoms with E-state index in [1.165, 1.54) is 17.1 Å². The van der Waals surface area contributed by atoms with Crippen molar-refractivity contribution in [1.82, 2.24) is 36.0 Å². The number of nitrogens with one attached hydrogen (secondary N) is 4. The van der Waals surface area contributed by atoms with E-state index in [0.717, 1.165) is 5.56 Å². The number of hydrogen-bond acceptors (Lipinski definition) is 13. The third-order valence-electron chi connectivity index (χ3n) is 8.99. The lowest BCUT2D eigenvalue weighted by Gasteiger charge is -2.24. The van der Waals surface area contributed by atoms with Crippen LogP contribution < -0.4 is 21.3 Å². The number of carbonyl (C=O) groups is 8. The molecule has 0 spiro atoms. The van der Waals surface area contributed by atoms with Crippen LogP contribution in [0.5, 0.6) is 0 Å². The fourth-order valence-electron chi connectivity index (χ4n) is 5.81. The lowest BCUT2D eigenvalue weighted by molar-refractivity contribution is -0.138. The number of rotatable bonds is 18. The summed E-state index contributed by atoms with van der Waals surface area (Å²) in [6.45, 7) is 2.63. The largest absolute Gasteiger partial charge is 0.480 e. The average Bonchev–Trinajstić information content (AvgIpc) is 3.54. The van der Waals surface area contributed by atoms with E-state index in [1.54, 1.807) is 40.1 Å². The minimum absolute atomic E-state index is 0.0332. The van der Waals surface area contributed by atoms with Crippen LogP contribution in [0, 0.1) is 0 Å². The van der Waals surface area contributed by atoms with E-state index in [9.17, 15) is 38.4 Å². The van der Waals surface area contributed by atoms with Crippen molar-refractivity contribution in [2.45, 2.75) is 38.1 Å². The average molecular weight is 832 g/mol. The van der Waals surface area contributed by atoms with Gasteiger partial charge in [-0.2, -0.15) is 0 Å². The van der Waals surface area contributed by atoms with Gasteiger partial charge in [-0.05, 0) is 18.4 Å². The Hall–Kier alpha value is -5.28. The summed E-state index contributed by atoms with van der Waals surface area (Å²) in [5.74, 6) is -4.35. The molecule has 2 heterocycles. The van der Waals surface area contributed by atoms with Gasteiger partial charge in [-0.3, -0.25) is 48.2 Å². The molecule has 0 unspecified atom stereocenters. The molecule has 0 bridgehead atoms. The van der Waals surface area contributed by atoms with E-state index in [1.807, 2.05) is 0 Å². The van der Waals surface area contributed by atoms with E-state index in [2.05, 4.69) is 21.3 Å². The zero-order valence-corrected chi connectivity index (χ0v) is 33.4. The molecular formula is C39H57N7O13. The van der Waals surface area contributed by atoms with Crippen LogP contribution in [0.2, 0.25) is 0 Å². The molecule has 3 rings (SSSR count). The second-order valence-electron chi connectivity index (χ2n) is 13.6. The van der Waals surface area contributed by atoms with E-state index < -0.39 is 55.3 Å². The molecule has 7 amide bonds. The number of aliphatic carboxylic acids is 1. The minimum Gasteiger partial charge on any atom is -0.480 e. The number of carbonyl (C=O) groups excluding carboxylic acids is 7. The molecule has 1 fully saturated rings. The summed E-state index contributed by atoms with van der Waals surface area (Å²) in [7, 11) is 0. The maximum Gasteiger partial charge on any atom is 0.322 e. The van der Waals surface area contributed by atoms with Crippen molar-refractivity contribution in [2.24, 2.45) is 0 Å². The predicted octanol–water partition coefficient (Wildman–Crippen LogP) is -2.16. The zero-order valence-electron chi connectivity index (χ0n) is 33.4. The molecule has 0 radical (unpaired) electrons. The van der Waals surface area contributed by atoms with Crippen LogP contribution in [0.3, 0.4) is 0 Å². The monoisotopic (exact) mass is 831 g/mol. The Morgan fingerprint density at radius 3 is 1.80 bits per heavy atom. The Morgan fingerprint density at radius 2 is 1.20 bits per heavy atom. The standard InChI is InChI=1S/C39H57N7O13/c47-32(40-27-33(48)43-31(39(55)42-28-38(53)54)25-30-7-3-1-4-8-30)26-41-34(49)29-44-13-17-56-21-23-58-19-15-45(16-20-59-24-22-57-18-14-44)35(50)9-5-2-6-12-46-36(51)10-11-37(46)52/h1,3-4,7-8,10-11,31H,2,5-6,9,12-29H2,(H,40,47)(H,41,49)(H,42,55)(H,43,48)(H,53,54)/t31-/m0/s1. The van der Waals surface area contributed by atoms with Crippen LogP contribution in [0.15, 0.2) is 42.5 Å². The number of ether oxygens (including phenoxy) is 4. The zero-order chi connectivity index (χ0) is 42.7. The maximum absolute atomic E-state index is 13.0. The van der Waals surface area contributed by atoms with Gasteiger partial charge in [0.1, 0.15) is 12.6 Å². The van der Waals surface area contributed by atoms with Crippen molar-refractivity contribution in [3.63, 3.8) is 0 Å². The Kier molecular flexibility index (Phi) is 23.0. The first-order chi connectivity index (χ1) is 28.5. The molecule has 1 aromatic rings. The molecule has 1 atom stereocenters. The molecule has 20 nitrogen and oxygen atoms in total. The van der Waals surface area contributed by atoms with Gasteiger partial charge in [0.05, 0.1) is 72.5 Å². The highest BCUT2D eigenvalue weighted by atomic mass is 16.5. The van der Waals surface area contributed by atoms with E-state index >= 15 is 0 Å². The van der Waals surface area contributed by atoms with E-state index in [-0.39, 0.29) is 43.9 Å². The van der Waals surface area contributed by atoms with Crippen molar-refractivity contribution >= 4 is 47.3 Å². The normalized spacial score (nSPS) is 17.0. The molecule has 1 aromatic carbocycles. The molecule has 0 aromatic heterocycles. The second kappa shape index (κ2) is 28.2. The van der Waals surface area contributed by atoms with Gasteiger partial charge in [0.2, 0.25) is 29.5 Å². The van der Waals surface area contributed by atoms with Crippen molar-refractivity contribution in [1.29, 1.82) is 0 Å². The van der Waals surface area contributed by atoms with Gasteiger partial charge in [0.15, 0.2) is 0 Å². The van der Waals surface area contributed by atoms with Gasteiger partial charge >= 0.3 is 5.97 Å². The van der Waals surface area contributed by atoms with Crippen LogP contribution in [-0.2, 0) is 63.7 Å². The summed E-state index contributed by atoms with van der Waals surface area (Å²) in [6.07, 6.45) is 4.87. The maximum atomic E-state index is 13.0. The fraction of sp³-hybridized carbons (Fsp3) is 0.590. The molecule has 59 heavy (non-hydrogen) atoms. The van der Waals surface area contributed by atoms with Crippen molar-refractivity contribution < 1.29 is 62.4 Å². The summed E-state index contributed by atoms with van der Waals surface area (Å²) >= 11 is 0. The molecule has 0 aliphatic carbocycles. The number of amides is 7. The highest BCUT2D eigenvalue weighted by Gasteiger charge is 2.24. The summed E-state index contributed by atoms with van der Waals surface area (Å²) in [5, 5.41) is 18.6. The molecule has 5 N–H and O–H groups in total. The Morgan fingerprint density at radius 1 is 0.644 bits per heavy atom. The van der Waals surface area contributed by atoms with Gasteiger partial charge in [0.25, 0.3) is 11.8 Å². The number of imide groups is 1. The third-order valence-corrected chi connectivity index (χ3v) is 8.99. The van der Waals surface area contributed by atoms with Crippen molar-refractivity contribution in [3.8, 4) is 0 Å². The summed E-state index contributed by atoms with van der Waals surface area (Å²) < 4.78 is 22.8. The Labute approximate surface area is 343 Å². The third kappa shape index (κ3) is 20.8.